The minimum absolute atomic E-state index is 0.0212. The van der Waals surface area contributed by atoms with Gasteiger partial charge in [0.25, 0.3) is 0 Å². The van der Waals surface area contributed by atoms with E-state index in [-0.39, 0.29) is 5.75 Å². The van der Waals surface area contributed by atoms with Crippen LogP contribution in [-0.4, -0.2) is 45.0 Å². The molecule has 0 amide bonds. The number of benzene rings is 1. The minimum Gasteiger partial charge on any atom is -0.361 e. The molecular weight excluding hydrogens is 298 g/mol. The first kappa shape index (κ1) is 15.5. The zero-order valence-corrected chi connectivity index (χ0v) is 13.9. The molecule has 0 radical (unpaired) electrons. The first-order chi connectivity index (χ1) is 10.5. The summed E-state index contributed by atoms with van der Waals surface area (Å²) >= 11 is 0. The molecule has 0 aliphatic carbocycles. The topological polar surface area (TPSA) is 65.2 Å². The number of rotatable bonds is 5. The van der Waals surface area contributed by atoms with E-state index in [2.05, 4.69) is 27.9 Å². The molecule has 1 atom stereocenters. The van der Waals surface area contributed by atoms with Gasteiger partial charge in [0.1, 0.15) is 0 Å². The Morgan fingerprint density at radius 2 is 2.23 bits per heavy atom. The lowest BCUT2D eigenvalue weighted by molar-refractivity contribution is 0.310. The van der Waals surface area contributed by atoms with Crippen LogP contribution in [-0.2, 0) is 22.2 Å². The zero-order chi connectivity index (χ0) is 15.7. The Balaban J connectivity index is 1.88. The number of H-pyrrole nitrogens is 1. The van der Waals surface area contributed by atoms with Crippen molar-refractivity contribution in [1.82, 2.24) is 14.6 Å². The number of aromatic amines is 1. The first-order valence-corrected chi connectivity index (χ1v) is 9.34. The van der Waals surface area contributed by atoms with Crippen LogP contribution in [0.3, 0.4) is 0 Å². The van der Waals surface area contributed by atoms with E-state index in [1.807, 2.05) is 18.2 Å². The molecule has 2 heterocycles. The average molecular weight is 321 g/mol. The van der Waals surface area contributed by atoms with Gasteiger partial charge in [-0.1, -0.05) is 6.07 Å². The van der Waals surface area contributed by atoms with Crippen LogP contribution < -0.4 is 4.72 Å². The van der Waals surface area contributed by atoms with Crippen LogP contribution in [0.2, 0.25) is 0 Å². The van der Waals surface area contributed by atoms with E-state index in [1.54, 1.807) is 0 Å². The van der Waals surface area contributed by atoms with Gasteiger partial charge in [-0.15, -0.1) is 0 Å². The van der Waals surface area contributed by atoms with Crippen molar-refractivity contribution < 1.29 is 8.42 Å². The quantitative estimate of drug-likeness (QED) is 0.883. The van der Waals surface area contributed by atoms with E-state index in [0.717, 1.165) is 22.9 Å². The van der Waals surface area contributed by atoms with Gasteiger partial charge < -0.3 is 9.88 Å². The molecule has 5 nitrogen and oxygen atoms in total. The maximum atomic E-state index is 11.7. The summed E-state index contributed by atoms with van der Waals surface area (Å²) in [6.07, 6.45) is 5.57. The molecule has 1 fully saturated rings. The number of hydrogen-bond donors (Lipinski definition) is 2. The van der Waals surface area contributed by atoms with Crippen LogP contribution in [0.4, 0.5) is 0 Å². The van der Waals surface area contributed by atoms with E-state index < -0.39 is 10.0 Å². The number of fused-ring (bicyclic) bond motifs is 1. The third-order valence-corrected chi connectivity index (χ3v) is 5.96. The Morgan fingerprint density at radius 1 is 1.41 bits per heavy atom. The summed E-state index contributed by atoms with van der Waals surface area (Å²) < 4.78 is 25.8. The summed E-state index contributed by atoms with van der Waals surface area (Å²) in [6.45, 7) is 1.17. The van der Waals surface area contributed by atoms with Gasteiger partial charge in [0.2, 0.25) is 10.0 Å². The summed E-state index contributed by atoms with van der Waals surface area (Å²) in [5.74, 6) is 0.0212. The second-order valence-corrected chi connectivity index (χ2v) is 8.06. The Bertz CT molecular complexity index is 767. The maximum absolute atomic E-state index is 11.7. The van der Waals surface area contributed by atoms with Gasteiger partial charge in [-0.05, 0) is 63.2 Å². The van der Waals surface area contributed by atoms with E-state index in [9.17, 15) is 8.42 Å². The molecule has 1 saturated heterocycles. The number of likely N-dealkylation sites (tertiary alicyclic amines) is 1. The fourth-order valence-electron chi connectivity index (χ4n) is 3.27. The normalized spacial score (nSPS) is 20.0. The van der Waals surface area contributed by atoms with Crippen LogP contribution >= 0.6 is 0 Å². The highest BCUT2D eigenvalue weighted by atomic mass is 32.2. The Kier molecular flexibility index (Phi) is 4.25. The fourth-order valence-corrected chi connectivity index (χ4v) is 4.03. The van der Waals surface area contributed by atoms with Crippen molar-refractivity contribution in [3.05, 3.63) is 35.5 Å². The SMILES string of the molecule is CNS(=O)(=O)Cc1ccc2[nH]cc(C[C@H]3CCCN3C)c2c1. The molecule has 2 N–H and O–H groups in total. The van der Waals surface area contributed by atoms with Crippen molar-refractivity contribution in [2.75, 3.05) is 20.6 Å². The largest absolute Gasteiger partial charge is 0.361 e. The summed E-state index contributed by atoms with van der Waals surface area (Å²) in [6, 6.07) is 6.44. The highest BCUT2D eigenvalue weighted by Gasteiger charge is 2.22. The number of hydrogen-bond acceptors (Lipinski definition) is 3. The molecule has 0 bridgehead atoms. The lowest BCUT2D eigenvalue weighted by atomic mass is 10.0. The number of sulfonamides is 1. The highest BCUT2D eigenvalue weighted by Crippen LogP contribution is 2.26. The lowest BCUT2D eigenvalue weighted by Crippen LogP contribution is -2.26. The van der Waals surface area contributed by atoms with Crippen LogP contribution in [0.1, 0.15) is 24.0 Å². The molecule has 3 rings (SSSR count). The number of aromatic nitrogens is 1. The first-order valence-electron chi connectivity index (χ1n) is 7.69. The van der Waals surface area contributed by atoms with Crippen LogP contribution in [0.25, 0.3) is 10.9 Å². The van der Waals surface area contributed by atoms with E-state index in [0.29, 0.717) is 6.04 Å². The molecule has 0 saturated carbocycles. The molecule has 1 aliphatic rings. The highest BCUT2D eigenvalue weighted by molar-refractivity contribution is 7.88. The summed E-state index contributed by atoms with van der Waals surface area (Å²) in [5, 5.41) is 1.14. The van der Waals surface area contributed by atoms with Crippen LogP contribution in [0.5, 0.6) is 0 Å². The second kappa shape index (κ2) is 6.02. The number of nitrogens with one attached hydrogen (secondary N) is 2. The van der Waals surface area contributed by atoms with Gasteiger partial charge in [0.15, 0.2) is 0 Å². The third-order valence-electron chi connectivity index (χ3n) is 4.63. The van der Waals surface area contributed by atoms with Crippen molar-refractivity contribution in [3.8, 4) is 0 Å². The molecule has 22 heavy (non-hydrogen) atoms. The third kappa shape index (κ3) is 3.19. The van der Waals surface area contributed by atoms with Crippen LogP contribution in [0, 0.1) is 0 Å². The second-order valence-electron chi connectivity index (χ2n) is 6.14. The van der Waals surface area contributed by atoms with Crippen molar-refractivity contribution in [2.24, 2.45) is 0 Å². The average Bonchev–Trinajstić information content (AvgIpc) is 3.06. The summed E-state index contributed by atoms with van der Waals surface area (Å²) in [4.78, 5) is 5.71. The molecule has 6 heteroatoms. The lowest BCUT2D eigenvalue weighted by Gasteiger charge is -2.18. The molecule has 1 aromatic heterocycles. The molecule has 0 unspecified atom stereocenters. The fraction of sp³-hybridized carbons (Fsp3) is 0.500. The van der Waals surface area contributed by atoms with Gasteiger partial charge in [0.05, 0.1) is 5.75 Å². The van der Waals surface area contributed by atoms with E-state index in [1.165, 1.54) is 32.0 Å². The van der Waals surface area contributed by atoms with Crippen molar-refractivity contribution in [3.63, 3.8) is 0 Å². The van der Waals surface area contributed by atoms with Gasteiger partial charge >= 0.3 is 0 Å². The van der Waals surface area contributed by atoms with Crippen LogP contribution in [0.15, 0.2) is 24.4 Å². The summed E-state index contributed by atoms with van der Waals surface area (Å²) in [5.41, 5.74) is 3.17. The Labute approximate surface area is 131 Å². The molecule has 2 aromatic rings. The van der Waals surface area contributed by atoms with Gasteiger partial charge in [-0.3, -0.25) is 0 Å². The molecule has 1 aromatic carbocycles. The Morgan fingerprint density at radius 3 is 2.91 bits per heavy atom. The molecule has 120 valence electrons. The predicted molar refractivity (Wildman–Crippen MR) is 89.3 cm³/mol. The predicted octanol–water partition coefficient (Wildman–Crippen LogP) is 1.85. The van der Waals surface area contributed by atoms with Crippen molar-refractivity contribution in [2.45, 2.75) is 31.1 Å². The van der Waals surface area contributed by atoms with Crippen molar-refractivity contribution in [1.29, 1.82) is 0 Å². The van der Waals surface area contributed by atoms with Gasteiger partial charge in [-0.2, -0.15) is 0 Å². The smallest absolute Gasteiger partial charge is 0.215 e. The monoisotopic (exact) mass is 321 g/mol. The molecule has 1 aliphatic heterocycles. The Hall–Kier alpha value is -1.37. The van der Waals surface area contributed by atoms with Gasteiger partial charge in [-0.25, -0.2) is 13.1 Å². The minimum atomic E-state index is -3.24. The summed E-state index contributed by atoms with van der Waals surface area (Å²) in [7, 11) is 0.391. The number of likely N-dealkylation sites (N-methyl/N-ethyl adjacent to an activating group) is 1. The number of nitrogens with zero attached hydrogens (tertiary/aromatic N) is 1. The molecular formula is C16H23N3O2S. The zero-order valence-electron chi connectivity index (χ0n) is 13.1. The maximum Gasteiger partial charge on any atom is 0.215 e. The van der Waals surface area contributed by atoms with Crippen molar-refractivity contribution >= 4 is 20.9 Å². The van der Waals surface area contributed by atoms with E-state index in [4.69, 9.17) is 0 Å². The van der Waals surface area contributed by atoms with Gasteiger partial charge in [0, 0.05) is 23.1 Å². The molecule has 0 spiro atoms. The van der Waals surface area contributed by atoms with E-state index >= 15 is 0 Å². The standard InChI is InChI=1S/C16H23N3O2S/c1-17-22(20,21)11-12-5-6-16-15(8-12)13(10-18-16)9-14-4-3-7-19(14)2/h5-6,8,10,14,17-18H,3-4,7,9,11H2,1-2H3/t14-/m1/s1.